The topological polar surface area (TPSA) is 86.2 Å². The van der Waals surface area contributed by atoms with Gasteiger partial charge in [-0.15, -0.1) is 0 Å². The number of carbonyl (C=O) groups is 2. The highest BCUT2D eigenvalue weighted by molar-refractivity contribution is 6.08. The monoisotopic (exact) mass is 432 g/mol. The van der Waals surface area contributed by atoms with Crippen LogP contribution in [0, 0.1) is 5.92 Å². The number of oxime groups is 1. The Morgan fingerprint density at radius 3 is 2.50 bits per heavy atom. The van der Waals surface area contributed by atoms with Gasteiger partial charge in [0.25, 0.3) is 5.91 Å². The first-order valence-corrected chi connectivity index (χ1v) is 10.5. The van der Waals surface area contributed by atoms with Crippen LogP contribution in [-0.4, -0.2) is 37.4 Å². The van der Waals surface area contributed by atoms with Crippen LogP contribution in [0.4, 0.5) is 5.69 Å². The van der Waals surface area contributed by atoms with Gasteiger partial charge in [0.2, 0.25) is 6.61 Å². The molecule has 2 aromatic carbocycles. The average Bonchev–Trinajstić information content (AvgIpc) is 3.13. The second-order valence-electron chi connectivity index (χ2n) is 7.32. The van der Waals surface area contributed by atoms with Gasteiger partial charge in [-0.3, -0.25) is 4.79 Å². The van der Waals surface area contributed by atoms with Gasteiger partial charge in [0.15, 0.2) is 6.61 Å². The molecule has 0 radical (unpaired) electrons. The van der Waals surface area contributed by atoms with Gasteiger partial charge >= 0.3 is 5.97 Å². The van der Waals surface area contributed by atoms with Gasteiger partial charge in [-0.2, -0.15) is 0 Å². The smallest absolute Gasteiger partial charge is 0.347 e. The number of fused-ring (bicyclic) bond motifs is 3. The Hall–Kier alpha value is -3.87. The molecule has 4 rings (SSSR count). The summed E-state index contributed by atoms with van der Waals surface area (Å²) in [6.07, 6.45) is 8.23. The number of rotatable bonds is 8. The Bertz CT molecular complexity index is 1070. The number of carbonyl (C=O) groups excluding carboxylic acids is 2. The minimum atomic E-state index is -0.668. The zero-order valence-corrected chi connectivity index (χ0v) is 17.7. The summed E-state index contributed by atoms with van der Waals surface area (Å²) in [5.74, 6) is -0.102. The summed E-state index contributed by atoms with van der Waals surface area (Å²) in [5.41, 5.74) is 3.57. The zero-order valence-electron chi connectivity index (χ0n) is 17.7. The summed E-state index contributed by atoms with van der Waals surface area (Å²) >= 11 is 0. The van der Waals surface area contributed by atoms with E-state index in [1.54, 1.807) is 24.3 Å². The molecule has 1 N–H and O–H groups in total. The number of hydrogen-bond donors (Lipinski definition) is 1. The first-order chi connectivity index (χ1) is 15.7. The Kier molecular flexibility index (Phi) is 6.65. The van der Waals surface area contributed by atoms with Gasteiger partial charge < -0.3 is 19.6 Å². The van der Waals surface area contributed by atoms with E-state index in [1.807, 2.05) is 37.3 Å². The van der Waals surface area contributed by atoms with Gasteiger partial charge in [0.1, 0.15) is 5.75 Å². The molecule has 0 spiro atoms. The van der Waals surface area contributed by atoms with E-state index in [9.17, 15) is 9.59 Å². The molecule has 0 bridgehead atoms. The standard InChI is InChI=1S/C25H24N2O5/c1-2-30-18-13-11-17(12-14-18)26-23(28)15-31-24(29)16-32-27-25-21-9-5-3-7-19(21)20-8-4-6-10-22(20)25/h3-14,19,21H,2,15-16H2,1H3,(H,26,28). The van der Waals surface area contributed by atoms with Gasteiger partial charge in [0, 0.05) is 23.1 Å². The van der Waals surface area contributed by atoms with E-state index in [2.05, 4.69) is 28.7 Å². The van der Waals surface area contributed by atoms with Crippen molar-refractivity contribution in [2.75, 3.05) is 25.1 Å². The molecule has 0 aromatic heterocycles. The number of esters is 1. The molecular formula is C25H24N2O5. The van der Waals surface area contributed by atoms with Crippen molar-refractivity contribution in [3.05, 3.63) is 84.0 Å². The first-order valence-electron chi connectivity index (χ1n) is 10.5. The van der Waals surface area contributed by atoms with Crippen molar-refractivity contribution >= 4 is 23.3 Å². The Labute approximate surface area is 186 Å². The summed E-state index contributed by atoms with van der Waals surface area (Å²) in [5, 5.41) is 6.88. The summed E-state index contributed by atoms with van der Waals surface area (Å²) in [6, 6.07) is 15.0. The molecule has 0 saturated heterocycles. The molecule has 1 amide bonds. The molecule has 0 aliphatic heterocycles. The van der Waals surface area contributed by atoms with Crippen LogP contribution < -0.4 is 10.1 Å². The molecule has 2 atom stereocenters. The van der Waals surface area contributed by atoms with Crippen molar-refractivity contribution in [3.8, 4) is 5.75 Å². The Balaban J connectivity index is 1.26. The van der Waals surface area contributed by atoms with E-state index in [-0.39, 0.29) is 18.4 Å². The van der Waals surface area contributed by atoms with Crippen LogP contribution in [-0.2, 0) is 19.2 Å². The number of ether oxygens (including phenoxy) is 2. The fraction of sp³-hybridized carbons (Fsp3) is 0.240. The number of allylic oxidation sites excluding steroid dienone is 4. The van der Waals surface area contributed by atoms with Crippen molar-refractivity contribution in [2.45, 2.75) is 12.8 Å². The fourth-order valence-corrected chi connectivity index (χ4v) is 3.82. The lowest BCUT2D eigenvalue weighted by molar-refractivity contribution is -0.151. The van der Waals surface area contributed by atoms with E-state index < -0.39 is 18.5 Å². The zero-order chi connectivity index (χ0) is 22.3. The number of benzene rings is 2. The lowest BCUT2D eigenvalue weighted by Crippen LogP contribution is -2.22. The molecule has 7 nitrogen and oxygen atoms in total. The van der Waals surface area contributed by atoms with E-state index in [1.165, 1.54) is 5.56 Å². The van der Waals surface area contributed by atoms with Crippen LogP contribution >= 0.6 is 0 Å². The van der Waals surface area contributed by atoms with Gasteiger partial charge in [-0.05, 0) is 36.8 Å². The first kappa shape index (κ1) is 21.4. The van der Waals surface area contributed by atoms with E-state index in [4.69, 9.17) is 14.3 Å². The maximum absolute atomic E-state index is 12.0. The molecule has 2 aliphatic carbocycles. The number of anilines is 1. The average molecular weight is 432 g/mol. The molecule has 2 aliphatic rings. The highest BCUT2D eigenvalue weighted by Gasteiger charge is 2.36. The van der Waals surface area contributed by atoms with Gasteiger partial charge in [-0.25, -0.2) is 4.79 Å². The van der Waals surface area contributed by atoms with Crippen LogP contribution in [0.2, 0.25) is 0 Å². The molecular weight excluding hydrogens is 408 g/mol. The van der Waals surface area contributed by atoms with Crippen LogP contribution in [0.5, 0.6) is 5.75 Å². The lowest BCUT2D eigenvalue weighted by Gasteiger charge is -2.15. The van der Waals surface area contributed by atoms with E-state index in [0.29, 0.717) is 18.0 Å². The number of hydrogen-bond acceptors (Lipinski definition) is 6. The van der Waals surface area contributed by atoms with Crippen LogP contribution in [0.3, 0.4) is 0 Å². The van der Waals surface area contributed by atoms with Crippen LogP contribution in [0.25, 0.3) is 0 Å². The van der Waals surface area contributed by atoms with Crippen molar-refractivity contribution in [1.29, 1.82) is 0 Å². The highest BCUT2D eigenvalue weighted by atomic mass is 16.7. The molecule has 2 aromatic rings. The maximum Gasteiger partial charge on any atom is 0.347 e. The summed E-state index contributed by atoms with van der Waals surface area (Å²) in [6.45, 7) is 1.68. The molecule has 7 heteroatoms. The maximum atomic E-state index is 12.0. The fourth-order valence-electron chi connectivity index (χ4n) is 3.82. The van der Waals surface area contributed by atoms with E-state index in [0.717, 1.165) is 11.3 Å². The van der Waals surface area contributed by atoms with Crippen LogP contribution in [0.15, 0.2) is 78.0 Å². The third kappa shape index (κ3) is 4.88. The van der Waals surface area contributed by atoms with Crippen molar-refractivity contribution < 1.29 is 23.9 Å². The summed E-state index contributed by atoms with van der Waals surface area (Å²) < 4.78 is 10.3. The van der Waals surface area contributed by atoms with E-state index >= 15 is 0 Å². The quantitative estimate of drug-likeness (QED) is 0.506. The summed E-state index contributed by atoms with van der Waals surface area (Å²) in [7, 11) is 0. The predicted molar refractivity (Wildman–Crippen MR) is 121 cm³/mol. The molecule has 164 valence electrons. The largest absolute Gasteiger partial charge is 0.494 e. The molecule has 32 heavy (non-hydrogen) atoms. The molecule has 0 fully saturated rings. The molecule has 0 heterocycles. The highest BCUT2D eigenvalue weighted by Crippen LogP contribution is 2.41. The number of amides is 1. The van der Waals surface area contributed by atoms with Gasteiger partial charge in [0.05, 0.1) is 12.3 Å². The SMILES string of the molecule is CCOc1ccc(NC(=O)COC(=O)CON=C2c3ccccc3C3C=CC=CC23)cc1. The normalized spacial score (nSPS) is 19.2. The lowest BCUT2D eigenvalue weighted by atomic mass is 9.88. The minimum Gasteiger partial charge on any atom is -0.494 e. The predicted octanol–water partition coefficient (Wildman–Crippen LogP) is 3.83. The van der Waals surface area contributed by atoms with Crippen molar-refractivity contribution in [2.24, 2.45) is 11.1 Å². The molecule has 0 saturated carbocycles. The number of nitrogens with one attached hydrogen (secondary N) is 1. The minimum absolute atomic E-state index is 0.0771. The van der Waals surface area contributed by atoms with Crippen molar-refractivity contribution in [1.82, 2.24) is 0 Å². The second kappa shape index (κ2) is 9.96. The van der Waals surface area contributed by atoms with Gasteiger partial charge in [-0.1, -0.05) is 53.7 Å². The third-order valence-electron chi connectivity index (χ3n) is 5.21. The van der Waals surface area contributed by atoms with Crippen LogP contribution in [0.1, 0.15) is 24.0 Å². The molecule has 2 unspecified atom stereocenters. The summed E-state index contributed by atoms with van der Waals surface area (Å²) in [4.78, 5) is 29.3. The third-order valence-corrected chi connectivity index (χ3v) is 5.21. The number of nitrogens with zero attached hydrogens (tertiary/aromatic N) is 1. The Morgan fingerprint density at radius 1 is 0.969 bits per heavy atom. The van der Waals surface area contributed by atoms with Crippen molar-refractivity contribution in [3.63, 3.8) is 0 Å². The Morgan fingerprint density at radius 2 is 1.72 bits per heavy atom. The second-order valence-corrected chi connectivity index (χ2v) is 7.32.